The van der Waals surface area contributed by atoms with Gasteiger partial charge in [-0.1, -0.05) is 0 Å². The van der Waals surface area contributed by atoms with Crippen LogP contribution in [0.25, 0.3) is 11.0 Å². The summed E-state index contributed by atoms with van der Waals surface area (Å²) in [6.45, 7) is 0. The van der Waals surface area contributed by atoms with Crippen molar-refractivity contribution < 1.29 is 9.18 Å². The van der Waals surface area contributed by atoms with E-state index in [-0.39, 0.29) is 17.4 Å². The van der Waals surface area contributed by atoms with Crippen molar-refractivity contribution in [3.05, 3.63) is 66.4 Å². The molecule has 0 unspecified atom stereocenters. The van der Waals surface area contributed by atoms with Gasteiger partial charge in [-0.3, -0.25) is 9.48 Å². The number of hydrogen-bond donors (Lipinski definition) is 2. The number of pyridine rings is 1. The zero-order valence-electron chi connectivity index (χ0n) is 14.2. The van der Waals surface area contributed by atoms with Crippen molar-refractivity contribution in [2.24, 2.45) is 7.05 Å². The molecule has 4 aromatic rings. The number of nitrogens with one attached hydrogen (secondary N) is 2. The molecule has 4 rings (SSSR count). The van der Waals surface area contributed by atoms with Gasteiger partial charge >= 0.3 is 0 Å². The second-order valence-electron chi connectivity index (χ2n) is 5.73. The van der Waals surface area contributed by atoms with E-state index in [4.69, 9.17) is 0 Å². The molecule has 3 heterocycles. The van der Waals surface area contributed by atoms with Crippen molar-refractivity contribution >= 4 is 34.4 Å². The topological polar surface area (TPSA) is 97.6 Å². The average molecular weight is 363 g/mol. The molecule has 1 aromatic carbocycles. The highest BCUT2D eigenvalue weighted by atomic mass is 19.1. The van der Waals surface area contributed by atoms with Gasteiger partial charge in [-0.05, 0) is 36.4 Å². The minimum absolute atomic E-state index is 0.218. The molecule has 27 heavy (non-hydrogen) atoms. The lowest BCUT2D eigenvalue weighted by atomic mass is 10.2. The van der Waals surface area contributed by atoms with E-state index in [2.05, 4.69) is 30.7 Å². The van der Waals surface area contributed by atoms with Gasteiger partial charge in [0.05, 0.1) is 6.20 Å². The minimum atomic E-state index is -0.368. The second-order valence-corrected chi connectivity index (χ2v) is 5.73. The fraction of sp³-hybridized carbons (Fsp3) is 0.0556. The minimum Gasteiger partial charge on any atom is -0.324 e. The fourth-order valence-corrected chi connectivity index (χ4v) is 2.44. The molecular weight excluding hydrogens is 349 g/mol. The van der Waals surface area contributed by atoms with Crippen LogP contribution in [0.15, 0.2) is 54.9 Å². The number of rotatable bonds is 4. The van der Waals surface area contributed by atoms with E-state index >= 15 is 0 Å². The van der Waals surface area contributed by atoms with Crippen LogP contribution >= 0.6 is 0 Å². The van der Waals surface area contributed by atoms with Crippen LogP contribution in [0.3, 0.4) is 0 Å². The molecule has 134 valence electrons. The largest absolute Gasteiger partial charge is 0.324 e. The Kier molecular flexibility index (Phi) is 4.17. The van der Waals surface area contributed by atoms with Gasteiger partial charge in [0.1, 0.15) is 17.3 Å². The Morgan fingerprint density at radius 1 is 1.07 bits per heavy atom. The lowest BCUT2D eigenvalue weighted by molar-refractivity contribution is 0.102. The van der Waals surface area contributed by atoms with Crippen LogP contribution in [0.4, 0.5) is 21.8 Å². The molecule has 0 aliphatic rings. The molecule has 0 radical (unpaired) electrons. The van der Waals surface area contributed by atoms with Gasteiger partial charge in [0.2, 0.25) is 5.95 Å². The Morgan fingerprint density at radius 2 is 1.89 bits per heavy atom. The summed E-state index contributed by atoms with van der Waals surface area (Å²) in [5.74, 6) is 0.159. The SMILES string of the molecule is Cn1nccc1NC(=O)c1ccc2cnc(Nc3ccc(F)cc3)nc2n1. The van der Waals surface area contributed by atoms with Gasteiger partial charge in [-0.2, -0.15) is 10.1 Å². The standard InChI is InChI=1S/C18H14FN7O/c1-26-15(8-9-21-26)24-17(27)14-7-2-11-10-20-18(25-16(11)23-14)22-13-5-3-12(19)4-6-13/h2-10H,1H3,(H,24,27)(H,20,22,23,25). The van der Waals surface area contributed by atoms with E-state index in [0.29, 0.717) is 28.5 Å². The van der Waals surface area contributed by atoms with Crippen LogP contribution < -0.4 is 10.6 Å². The first kappa shape index (κ1) is 16.6. The molecular formula is C18H14FN7O. The summed E-state index contributed by atoms with van der Waals surface area (Å²) in [5, 5.41) is 10.4. The molecule has 0 fully saturated rings. The maximum atomic E-state index is 13.0. The van der Waals surface area contributed by atoms with Crippen LogP contribution in [0, 0.1) is 5.82 Å². The first-order valence-electron chi connectivity index (χ1n) is 8.04. The molecule has 2 N–H and O–H groups in total. The number of carbonyl (C=O) groups excluding carboxylic acids is 1. The molecule has 9 heteroatoms. The van der Waals surface area contributed by atoms with Crippen LogP contribution in [0.2, 0.25) is 0 Å². The highest BCUT2D eigenvalue weighted by Crippen LogP contribution is 2.17. The first-order chi connectivity index (χ1) is 13.1. The predicted molar refractivity (Wildman–Crippen MR) is 98.2 cm³/mol. The van der Waals surface area contributed by atoms with Gasteiger partial charge in [0.25, 0.3) is 5.91 Å². The van der Waals surface area contributed by atoms with Crippen LogP contribution in [-0.4, -0.2) is 30.6 Å². The zero-order chi connectivity index (χ0) is 18.8. The molecule has 3 aromatic heterocycles. The van der Waals surface area contributed by atoms with Crippen LogP contribution in [0.1, 0.15) is 10.5 Å². The van der Waals surface area contributed by atoms with Gasteiger partial charge in [-0.15, -0.1) is 0 Å². The van der Waals surface area contributed by atoms with Crippen molar-refractivity contribution in [3.63, 3.8) is 0 Å². The summed E-state index contributed by atoms with van der Waals surface area (Å²) in [6.07, 6.45) is 3.19. The van der Waals surface area contributed by atoms with Crippen molar-refractivity contribution in [2.75, 3.05) is 10.6 Å². The molecule has 0 atom stereocenters. The monoisotopic (exact) mass is 363 g/mol. The van der Waals surface area contributed by atoms with Crippen molar-refractivity contribution in [1.29, 1.82) is 0 Å². The Hall–Kier alpha value is -3.88. The van der Waals surface area contributed by atoms with Gasteiger partial charge < -0.3 is 10.6 Å². The van der Waals surface area contributed by atoms with Crippen molar-refractivity contribution in [2.45, 2.75) is 0 Å². The smallest absolute Gasteiger partial charge is 0.275 e. The van der Waals surface area contributed by atoms with E-state index in [0.717, 1.165) is 0 Å². The molecule has 0 bridgehead atoms. The third-order valence-electron chi connectivity index (χ3n) is 3.84. The molecule has 0 aliphatic heterocycles. The quantitative estimate of drug-likeness (QED) is 0.579. The summed E-state index contributed by atoms with van der Waals surface area (Å²) in [5.41, 5.74) is 1.23. The summed E-state index contributed by atoms with van der Waals surface area (Å²) < 4.78 is 14.5. The van der Waals surface area contributed by atoms with E-state index in [1.54, 1.807) is 54.5 Å². The van der Waals surface area contributed by atoms with E-state index in [9.17, 15) is 9.18 Å². The molecule has 0 aliphatic carbocycles. The number of hydrogen-bond acceptors (Lipinski definition) is 6. The number of aryl methyl sites for hydroxylation is 1. The highest BCUT2D eigenvalue weighted by Gasteiger charge is 2.12. The Balaban J connectivity index is 1.59. The van der Waals surface area contributed by atoms with Gasteiger partial charge in [0, 0.05) is 30.4 Å². The molecule has 0 saturated carbocycles. The number of nitrogens with zero attached hydrogens (tertiary/aromatic N) is 5. The summed E-state index contributed by atoms with van der Waals surface area (Å²) >= 11 is 0. The zero-order valence-corrected chi connectivity index (χ0v) is 14.2. The van der Waals surface area contributed by atoms with E-state index < -0.39 is 0 Å². The van der Waals surface area contributed by atoms with E-state index in [1.165, 1.54) is 12.1 Å². The Morgan fingerprint density at radius 3 is 2.63 bits per heavy atom. The number of amides is 1. The van der Waals surface area contributed by atoms with Gasteiger partial charge in [0.15, 0.2) is 5.65 Å². The summed E-state index contributed by atoms with van der Waals surface area (Å²) in [7, 11) is 1.73. The summed E-state index contributed by atoms with van der Waals surface area (Å²) in [4.78, 5) is 25.2. The molecule has 8 nitrogen and oxygen atoms in total. The molecule has 1 amide bonds. The maximum Gasteiger partial charge on any atom is 0.275 e. The third kappa shape index (κ3) is 3.56. The fourth-order valence-electron chi connectivity index (χ4n) is 2.44. The third-order valence-corrected chi connectivity index (χ3v) is 3.84. The lowest BCUT2D eigenvalue weighted by Crippen LogP contribution is -2.16. The number of benzene rings is 1. The van der Waals surface area contributed by atoms with Crippen molar-refractivity contribution in [3.8, 4) is 0 Å². The first-order valence-corrected chi connectivity index (χ1v) is 8.04. The number of carbonyl (C=O) groups is 1. The normalized spacial score (nSPS) is 10.7. The number of fused-ring (bicyclic) bond motifs is 1. The van der Waals surface area contributed by atoms with E-state index in [1.807, 2.05) is 0 Å². The average Bonchev–Trinajstić information content (AvgIpc) is 3.07. The molecule has 0 saturated heterocycles. The predicted octanol–water partition coefficient (Wildman–Crippen LogP) is 2.89. The number of aromatic nitrogens is 5. The summed E-state index contributed by atoms with van der Waals surface area (Å²) in [6, 6.07) is 10.8. The lowest BCUT2D eigenvalue weighted by Gasteiger charge is -2.07. The van der Waals surface area contributed by atoms with Crippen LogP contribution in [0.5, 0.6) is 0 Å². The highest BCUT2D eigenvalue weighted by molar-refractivity contribution is 6.03. The van der Waals surface area contributed by atoms with Gasteiger partial charge in [-0.25, -0.2) is 14.4 Å². The number of halogens is 1. The second kappa shape index (κ2) is 6.79. The number of anilines is 3. The van der Waals surface area contributed by atoms with Crippen LogP contribution in [-0.2, 0) is 7.05 Å². The Bertz CT molecular complexity index is 1120. The molecule has 0 spiro atoms. The Labute approximate surface area is 153 Å². The maximum absolute atomic E-state index is 13.0. The van der Waals surface area contributed by atoms with Crippen molar-refractivity contribution in [1.82, 2.24) is 24.7 Å².